The van der Waals surface area contributed by atoms with Crippen molar-refractivity contribution in [2.24, 2.45) is 0 Å². The zero-order chi connectivity index (χ0) is 11.5. The Morgan fingerprint density at radius 2 is 2.19 bits per heavy atom. The maximum atomic E-state index is 13.6. The molecule has 16 heavy (non-hydrogen) atoms. The van der Waals surface area contributed by atoms with Gasteiger partial charge >= 0.3 is 0 Å². The van der Waals surface area contributed by atoms with Crippen LogP contribution in [0, 0.1) is 5.82 Å². The van der Waals surface area contributed by atoms with E-state index in [2.05, 4.69) is 12.2 Å². The third-order valence-electron chi connectivity index (χ3n) is 2.90. The third kappa shape index (κ3) is 2.68. The predicted octanol–water partition coefficient (Wildman–Crippen LogP) is 2.00. The molecule has 0 aliphatic carbocycles. The summed E-state index contributed by atoms with van der Waals surface area (Å²) < 4.78 is 25.3. The molecule has 0 radical (unpaired) electrons. The van der Waals surface area contributed by atoms with Crippen molar-refractivity contribution < 1.29 is 8.60 Å². The molecule has 2 rings (SSSR count). The Kier molecular flexibility index (Phi) is 3.71. The second kappa shape index (κ2) is 5.06. The van der Waals surface area contributed by atoms with Gasteiger partial charge in [0, 0.05) is 40.0 Å². The van der Waals surface area contributed by atoms with Crippen LogP contribution in [0.2, 0.25) is 0 Å². The molecule has 3 atom stereocenters. The van der Waals surface area contributed by atoms with Gasteiger partial charge in [0.25, 0.3) is 0 Å². The van der Waals surface area contributed by atoms with Crippen molar-refractivity contribution in [3.63, 3.8) is 0 Å². The van der Waals surface area contributed by atoms with Crippen molar-refractivity contribution >= 4 is 10.8 Å². The lowest BCUT2D eigenvalue weighted by Crippen LogP contribution is -2.31. The standard InChI is InChI=1S/C12H16FNOS/c1-9-6-7-16(15)8-12(14-9)10-4-2-3-5-11(10)13/h2-5,9,12,14H,6-8H2,1H3. The summed E-state index contributed by atoms with van der Waals surface area (Å²) in [5, 5.41) is 3.33. The summed E-state index contributed by atoms with van der Waals surface area (Å²) in [6, 6.07) is 6.88. The van der Waals surface area contributed by atoms with E-state index in [-0.39, 0.29) is 17.9 Å². The molecule has 2 nitrogen and oxygen atoms in total. The zero-order valence-electron chi connectivity index (χ0n) is 9.28. The van der Waals surface area contributed by atoms with Gasteiger partial charge in [0.2, 0.25) is 0 Å². The molecule has 1 saturated heterocycles. The number of rotatable bonds is 1. The van der Waals surface area contributed by atoms with E-state index in [0.717, 1.165) is 6.42 Å². The smallest absolute Gasteiger partial charge is 0.128 e. The van der Waals surface area contributed by atoms with Gasteiger partial charge in [-0.3, -0.25) is 4.21 Å². The van der Waals surface area contributed by atoms with Crippen LogP contribution in [0.4, 0.5) is 4.39 Å². The van der Waals surface area contributed by atoms with Gasteiger partial charge in [-0.15, -0.1) is 0 Å². The van der Waals surface area contributed by atoms with Crippen LogP contribution in [-0.2, 0) is 10.8 Å². The molecule has 0 amide bonds. The Labute approximate surface area is 97.7 Å². The number of hydrogen-bond acceptors (Lipinski definition) is 2. The van der Waals surface area contributed by atoms with Crippen molar-refractivity contribution in [1.82, 2.24) is 5.32 Å². The zero-order valence-corrected chi connectivity index (χ0v) is 10.1. The molecule has 0 bridgehead atoms. The summed E-state index contributed by atoms with van der Waals surface area (Å²) in [6.45, 7) is 2.05. The van der Waals surface area contributed by atoms with Crippen LogP contribution in [0.1, 0.15) is 24.9 Å². The van der Waals surface area contributed by atoms with E-state index < -0.39 is 10.8 Å². The van der Waals surface area contributed by atoms with Crippen molar-refractivity contribution in [1.29, 1.82) is 0 Å². The lowest BCUT2D eigenvalue weighted by Gasteiger charge is -2.19. The fraction of sp³-hybridized carbons (Fsp3) is 0.500. The lowest BCUT2D eigenvalue weighted by molar-refractivity contribution is 0.468. The lowest BCUT2D eigenvalue weighted by atomic mass is 10.1. The average Bonchev–Trinajstić information content (AvgIpc) is 2.41. The summed E-state index contributed by atoms with van der Waals surface area (Å²) in [4.78, 5) is 0. The highest BCUT2D eigenvalue weighted by Gasteiger charge is 2.23. The highest BCUT2D eigenvalue weighted by atomic mass is 32.2. The van der Waals surface area contributed by atoms with E-state index >= 15 is 0 Å². The van der Waals surface area contributed by atoms with Crippen molar-refractivity contribution in [3.05, 3.63) is 35.6 Å². The molecule has 1 fully saturated rings. The molecule has 1 aromatic rings. The molecule has 4 heteroatoms. The van der Waals surface area contributed by atoms with Crippen molar-refractivity contribution in [2.75, 3.05) is 11.5 Å². The van der Waals surface area contributed by atoms with E-state index in [4.69, 9.17) is 0 Å². The van der Waals surface area contributed by atoms with Crippen LogP contribution in [0.5, 0.6) is 0 Å². The first kappa shape index (κ1) is 11.7. The highest BCUT2D eigenvalue weighted by molar-refractivity contribution is 7.85. The summed E-state index contributed by atoms with van der Waals surface area (Å²) in [6.07, 6.45) is 0.886. The molecule has 1 aromatic carbocycles. The van der Waals surface area contributed by atoms with Crippen LogP contribution in [0.25, 0.3) is 0 Å². The Morgan fingerprint density at radius 3 is 2.94 bits per heavy atom. The van der Waals surface area contributed by atoms with E-state index in [9.17, 15) is 8.60 Å². The molecular weight excluding hydrogens is 225 g/mol. The fourth-order valence-corrected chi connectivity index (χ4v) is 3.42. The molecule has 0 saturated carbocycles. The Balaban J connectivity index is 2.25. The number of hydrogen-bond donors (Lipinski definition) is 1. The quantitative estimate of drug-likeness (QED) is 0.814. The molecule has 0 spiro atoms. The van der Waals surface area contributed by atoms with Crippen molar-refractivity contribution in [3.8, 4) is 0 Å². The van der Waals surface area contributed by atoms with E-state index in [0.29, 0.717) is 17.1 Å². The maximum absolute atomic E-state index is 13.6. The summed E-state index contributed by atoms with van der Waals surface area (Å²) in [5.74, 6) is 0.996. The third-order valence-corrected chi connectivity index (χ3v) is 4.29. The van der Waals surface area contributed by atoms with Gasteiger partial charge in [-0.05, 0) is 19.4 Å². The molecular formula is C12H16FNOS. The highest BCUT2D eigenvalue weighted by Crippen LogP contribution is 2.21. The molecule has 1 aliphatic heterocycles. The van der Waals surface area contributed by atoms with Crippen LogP contribution < -0.4 is 5.32 Å². The van der Waals surface area contributed by atoms with E-state index in [1.54, 1.807) is 12.1 Å². The van der Waals surface area contributed by atoms with Gasteiger partial charge in [0.05, 0.1) is 0 Å². The number of nitrogens with one attached hydrogen (secondary N) is 1. The van der Waals surface area contributed by atoms with Crippen LogP contribution in [0.15, 0.2) is 24.3 Å². The van der Waals surface area contributed by atoms with E-state index in [1.165, 1.54) is 6.07 Å². The van der Waals surface area contributed by atoms with Gasteiger partial charge < -0.3 is 5.32 Å². The fourth-order valence-electron chi connectivity index (χ4n) is 1.99. The molecule has 1 aliphatic rings. The topological polar surface area (TPSA) is 29.1 Å². The largest absolute Gasteiger partial charge is 0.307 e. The predicted molar refractivity (Wildman–Crippen MR) is 64.2 cm³/mol. The van der Waals surface area contributed by atoms with Gasteiger partial charge in [0.15, 0.2) is 0 Å². The second-order valence-corrected chi connectivity index (χ2v) is 5.86. The number of halogens is 1. The minimum Gasteiger partial charge on any atom is -0.307 e. The van der Waals surface area contributed by atoms with Gasteiger partial charge in [-0.1, -0.05) is 18.2 Å². The van der Waals surface area contributed by atoms with Gasteiger partial charge in [0.1, 0.15) is 5.82 Å². The molecule has 0 aromatic heterocycles. The Morgan fingerprint density at radius 1 is 1.44 bits per heavy atom. The first-order valence-electron chi connectivity index (χ1n) is 5.52. The molecule has 1 N–H and O–H groups in total. The molecule has 1 heterocycles. The summed E-state index contributed by atoms with van der Waals surface area (Å²) in [7, 11) is -0.846. The van der Waals surface area contributed by atoms with Crippen LogP contribution in [-0.4, -0.2) is 21.8 Å². The minimum absolute atomic E-state index is 0.125. The Hall–Kier alpha value is -0.740. The normalized spacial score (nSPS) is 31.0. The first-order chi connectivity index (χ1) is 7.66. The van der Waals surface area contributed by atoms with Gasteiger partial charge in [-0.2, -0.15) is 0 Å². The van der Waals surface area contributed by atoms with Crippen LogP contribution in [0.3, 0.4) is 0 Å². The SMILES string of the molecule is CC1CCS(=O)CC(c2ccccc2F)N1. The monoisotopic (exact) mass is 241 g/mol. The minimum atomic E-state index is -0.846. The van der Waals surface area contributed by atoms with Crippen LogP contribution >= 0.6 is 0 Å². The molecule has 3 unspecified atom stereocenters. The van der Waals surface area contributed by atoms with Crippen molar-refractivity contribution in [2.45, 2.75) is 25.4 Å². The average molecular weight is 241 g/mol. The first-order valence-corrected chi connectivity index (χ1v) is 7.01. The molecule has 88 valence electrons. The summed E-state index contributed by atoms with van der Waals surface area (Å²) in [5.41, 5.74) is 0.629. The van der Waals surface area contributed by atoms with Gasteiger partial charge in [-0.25, -0.2) is 4.39 Å². The Bertz CT molecular complexity index is 396. The maximum Gasteiger partial charge on any atom is 0.128 e. The van der Waals surface area contributed by atoms with E-state index in [1.807, 2.05) is 6.07 Å². The number of benzene rings is 1. The summed E-state index contributed by atoms with van der Waals surface area (Å²) >= 11 is 0. The second-order valence-electron chi connectivity index (χ2n) is 4.24.